The Hall–Kier alpha value is -3.18. The lowest BCUT2D eigenvalue weighted by Crippen LogP contribution is -2.22. The van der Waals surface area contributed by atoms with Gasteiger partial charge in [0.1, 0.15) is 0 Å². The molecule has 1 aromatic heterocycles. The highest BCUT2D eigenvalue weighted by molar-refractivity contribution is 7.99. The molecule has 5 heteroatoms. The molecule has 0 radical (unpaired) electrons. The minimum absolute atomic E-state index is 0.00243. The molecule has 4 rings (SSSR count). The third-order valence-corrected chi connectivity index (χ3v) is 5.13. The standard InChI is InChI=1S/C22H16N2O2S/c25-20(16-9-3-1-4-10-16)15-27-22-23-19-14-8-7-13-18(19)21(26)24(22)17-11-5-2-6-12-17/h1-14H,15H2. The lowest BCUT2D eigenvalue weighted by atomic mass is 10.2. The van der Waals surface area contributed by atoms with Crippen molar-refractivity contribution in [1.82, 2.24) is 9.55 Å². The Kier molecular flexibility index (Phi) is 4.85. The molecule has 1 heterocycles. The molecule has 0 aliphatic carbocycles. The van der Waals surface area contributed by atoms with Gasteiger partial charge in [-0.25, -0.2) is 4.98 Å². The molecule has 0 aliphatic rings. The van der Waals surface area contributed by atoms with Gasteiger partial charge >= 0.3 is 0 Å². The highest BCUT2D eigenvalue weighted by Crippen LogP contribution is 2.22. The molecule has 0 unspecified atom stereocenters. The zero-order chi connectivity index (χ0) is 18.6. The topological polar surface area (TPSA) is 52.0 Å². The number of ketones is 1. The summed E-state index contributed by atoms with van der Waals surface area (Å²) in [7, 11) is 0. The summed E-state index contributed by atoms with van der Waals surface area (Å²) >= 11 is 1.28. The Balaban J connectivity index is 1.77. The maximum atomic E-state index is 13.1. The highest BCUT2D eigenvalue weighted by atomic mass is 32.2. The summed E-state index contributed by atoms with van der Waals surface area (Å²) in [6.45, 7) is 0. The van der Waals surface area contributed by atoms with Crippen molar-refractivity contribution in [3.63, 3.8) is 0 Å². The molecule has 0 fully saturated rings. The molecule has 0 spiro atoms. The number of fused-ring (bicyclic) bond motifs is 1. The first-order chi connectivity index (χ1) is 13.2. The van der Waals surface area contributed by atoms with E-state index >= 15 is 0 Å². The number of carbonyl (C=O) groups is 1. The maximum Gasteiger partial charge on any atom is 0.266 e. The van der Waals surface area contributed by atoms with Crippen LogP contribution in [0, 0.1) is 0 Å². The summed E-state index contributed by atoms with van der Waals surface area (Å²) in [5, 5.41) is 1.06. The fourth-order valence-corrected chi connectivity index (χ4v) is 3.76. The SMILES string of the molecule is O=C(CSc1nc2ccccc2c(=O)n1-c1ccccc1)c1ccccc1. The average Bonchev–Trinajstić information content (AvgIpc) is 2.73. The minimum Gasteiger partial charge on any atom is -0.293 e. The van der Waals surface area contributed by atoms with Gasteiger partial charge in [0.15, 0.2) is 10.9 Å². The molecule has 4 nitrogen and oxygen atoms in total. The van der Waals surface area contributed by atoms with E-state index in [0.717, 1.165) is 5.69 Å². The molecule has 0 atom stereocenters. The predicted octanol–water partition coefficient (Wildman–Crippen LogP) is 4.36. The molecule has 0 bridgehead atoms. The summed E-state index contributed by atoms with van der Waals surface area (Å²) in [4.78, 5) is 30.2. The molecule has 4 aromatic rings. The third kappa shape index (κ3) is 3.55. The summed E-state index contributed by atoms with van der Waals surface area (Å²) in [5.74, 6) is 0.212. The molecular weight excluding hydrogens is 356 g/mol. The molecule has 132 valence electrons. The van der Waals surface area contributed by atoms with Crippen LogP contribution in [0.1, 0.15) is 10.4 Å². The average molecular weight is 372 g/mol. The van der Waals surface area contributed by atoms with E-state index in [1.165, 1.54) is 11.8 Å². The summed E-state index contributed by atoms with van der Waals surface area (Å²) < 4.78 is 1.57. The normalized spacial score (nSPS) is 10.8. The molecule has 3 aromatic carbocycles. The first-order valence-electron chi connectivity index (χ1n) is 8.52. The summed E-state index contributed by atoms with van der Waals surface area (Å²) in [6, 6.07) is 25.8. The van der Waals surface area contributed by atoms with Crippen LogP contribution in [0.4, 0.5) is 0 Å². The van der Waals surface area contributed by atoms with Crippen LogP contribution in [0.2, 0.25) is 0 Å². The molecule has 0 aliphatic heterocycles. The van der Waals surface area contributed by atoms with Crippen molar-refractivity contribution < 1.29 is 4.79 Å². The number of nitrogens with zero attached hydrogens (tertiary/aromatic N) is 2. The largest absolute Gasteiger partial charge is 0.293 e. The van der Waals surface area contributed by atoms with Crippen LogP contribution in [-0.4, -0.2) is 21.1 Å². The van der Waals surface area contributed by atoms with Gasteiger partial charge in [-0.2, -0.15) is 0 Å². The van der Waals surface area contributed by atoms with Crippen LogP contribution < -0.4 is 5.56 Å². The number of para-hydroxylation sites is 2. The number of rotatable bonds is 5. The number of hydrogen-bond donors (Lipinski definition) is 0. The van der Waals surface area contributed by atoms with Gasteiger partial charge in [0.25, 0.3) is 5.56 Å². The smallest absolute Gasteiger partial charge is 0.266 e. The van der Waals surface area contributed by atoms with Crippen LogP contribution in [0.25, 0.3) is 16.6 Å². The number of aromatic nitrogens is 2. The van der Waals surface area contributed by atoms with Gasteiger partial charge in [0.2, 0.25) is 0 Å². The number of carbonyl (C=O) groups excluding carboxylic acids is 1. The second kappa shape index (κ2) is 7.60. The Morgan fingerprint density at radius 3 is 2.22 bits per heavy atom. The second-order valence-corrected chi connectivity index (χ2v) is 6.91. The fourth-order valence-electron chi connectivity index (χ4n) is 2.85. The Morgan fingerprint density at radius 1 is 0.852 bits per heavy atom. The second-order valence-electron chi connectivity index (χ2n) is 5.97. The lowest BCUT2D eigenvalue weighted by Gasteiger charge is -2.13. The van der Waals surface area contributed by atoms with Gasteiger partial charge in [-0.05, 0) is 24.3 Å². The van der Waals surface area contributed by atoms with Crippen LogP contribution in [0.5, 0.6) is 0 Å². The molecule has 27 heavy (non-hydrogen) atoms. The molecular formula is C22H16N2O2S. The quantitative estimate of drug-likeness (QED) is 0.297. The Labute approximate surface area is 160 Å². The van der Waals surface area contributed by atoms with Crippen LogP contribution in [0.15, 0.2) is 94.9 Å². The van der Waals surface area contributed by atoms with Crippen molar-refractivity contribution >= 4 is 28.4 Å². The van der Waals surface area contributed by atoms with Crippen molar-refractivity contribution in [3.05, 3.63) is 101 Å². The van der Waals surface area contributed by atoms with E-state index in [9.17, 15) is 9.59 Å². The van der Waals surface area contributed by atoms with Gasteiger partial charge in [-0.3, -0.25) is 14.2 Å². The van der Waals surface area contributed by atoms with Crippen molar-refractivity contribution in [2.45, 2.75) is 5.16 Å². The van der Waals surface area contributed by atoms with E-state index in [4.69, 9.17) is 0 Å². The fraction of sp³-hybridized carbons (Fsp3) is 0.0455. The van der Waals surface area contributed by atoms with Crippen LogP contribution in [-0.2, 0) is 0 Å². The number of benzene rings is 3. The highest BCUT2D eigenvalue weighted by Gasteiger charge is 2.15. The molecule has 0 saturated carbocycles. The minimum atomic E-state index is -0.138. The zero-order valence-corrected chi connectivity index (χ0v) is 15.2. The Morgan fingerprint density at radius 2 is 1.48 bits per heavy atom. The van der Waals surface area contributed by atoms with E-state index in [1.807, 2.05) is 66.7 Å². The van der Waals surface area contributed by atoms with Gasteiger partial charge in [-0.1, -0.05) is 72.4 Å². The van der Waals surface area contributed by atoms with Crippen molar-refractivity contribution in [2.75, 3.05) is 5.75 Å². The first kappa shape index (κ1) is 17.2. The van der Waals surface area contributed by atoms with E-state index in [2.05, 4.69) is 4.98 Å². The summed E-state index contributed by atoms with van der Waals surface area (Å²) in [5.41, 5.74) is 1.88. The van der Waals surface area contributed by atoms with Crippen molar-refractivity contribution in [1.29, 1.82) is 0 Å². The van der Waals surface area contributed by atoms with Gasteiger partial charge in [0.05, 0.1) is 22.3 Å². The van der Waals surface area contributed by atoms with Crippen molar-refractivity contribution in [3.8, 4) is 5.69 Å². The predicted molar refractivity (Wildman–Crippen MR) is 109 cm³/mol. The van der Waals surface area contributed by atoms with E-state index in [-0.39, 0.29) is 17.1 Å². The van der Waals surface area contributed by atoms with Gasteiger partial charge in [0, 0.05) is 5.56 Å². The third-order valence-electron chi connectivity index (χ3n) is 4.19. The van der Waals surface area contributed by atoms with E-state index < -0.39 is 0 Å². The van der Waals surface area contributed by atoms with E-state index in [1.54, 1.807) is 22.8 Å². The number of Topliss-reactive ketones (excluding diaryl/α,β-unsaturated/α-hetero) is 1. The Bertz CT molecular complexity index is 1160. The molecule has 0 N–H and O–H groups in total. The van der Waals surface area contributed by atoms with Crippen LogP contribution in [0.3, 0.4) is 0 Å². The zero-order valence-electron chi connectivity index (χ0n) is 14.4. The lowest BCUT2D eigenvalue weighted by molar-refractivity contribution is 0.102. The molecule has 0 saturated heterocycles. The maximum absolute atomic E-state index is 13.1. The van der Waals surface area contributed by atoms with E-state index in [0.29, 0.717) is 21.6 Å². The number of hydrogen-bond acceptors (Lipinski definition) is 4. The first-order valence-corrected chi connectivity index (χ1v) is 9.51. The summed E-state index contributed by atoms with van der Waals surface area (Å²) in [6.07, 6.45) is 0. The van der Waals surface area contributed by atoms with Crippen LogP contribution >= 0.6 is 11.8 Å². The van der Waals surface area contributed by atoms with Gasteiger partial charge < -0.3 is 0 Å². The monoisotopic (exact) mass is 372 g/mol. The van der Waals surface area contributed by atoms with Crippen molar-refractivity contribution in [2.24, 2.45) is 0 Å². The molecule has 0 amide bonds. The van der Waals surface area contributed by atoms with Gasteiger partial charge in [-0.15, -0.1) is 0 Å². The number of thioether (sulfide) groups is 1.